The number of pyridine rings is 1. The molecular formula is C27H29FN6. The van der Waals surface area contributed by atoms with Crippen molar-refractivity contribution in [3.05, 3.63) is 59.7 Å². The van der Waals surface area contributed by atoms with Crippen molar-refractivity contribution in [2.75, 3.05) is 18.4 Å². The van der Waals surface area contributed by atoms with E-state index in [4.69, 9.17) is 4.99 Å². The zero-order chi connectivity index (χ0) is 23.1. The highest BCUT2D eigenvalue weighted by atomic mass is 19.1. The van der Waals surface area contributed by atoms with Gasteiger partial charge in [0.05, 0.1) is 11.9 Å². The lowest BCUT2D eigenvalue weighted by Crippen LogP contribution is -2.27. The van der Waals surface area contributed by atoms with Crippen LogP contribution in [0.1, 0.15) is 62.5 Å². The Morgan fingerprint density at radius 3 is 2.62 bits per heavy atom. The van der Waals surface area contributed by atoms with E-state index in [1.807, 2.05) is 24.4 Å². The number of piperidine rings is 1. The van der Waals surface area contributed by atoms with Crippen LogP contribution in [-0.4, -0.2) is 33.8 Å². The first-order valence-electron chi connectivity index (χ1n) is 12.3. The first-order valence-corrected chi connectivity index (χ1v) is 12.3. The van der Waals surface area contributed by atoms with Crippen LogP contribution < -0.4 is 10.6 Å². The van der Waals surface area contributed by atoms with Gasteiger partial charge in [0.1, 0.15) is 11.5 Å². The van der Waals surface area contributed by atoms with Crippen LogP contribution in [0.5, 0.6) is 0 Å². The molecule has 0 atom stereocenters. The Hall–Kier alpha value is -3.19. The Balaban J connectivity index is 1.26. The molecule has 2 N–H and O–H groups in total. The normalized spacial score (nSPS) is 19.3. The summed E-state index contributed by atoms with van der Waals surface area (Å²) in [4.78, 5) is 18.1. The zero-order valence-electron chi connectivity index (χ0n) is 19.4. The number of fused-ring (bicyclic) bond motifs is 2. The maximum atomic E-state index is 14.8. The second-order valence-corrected chi connectivity index (χ2v) is 9.73. The van der Waals surface area contributed by atoms with E-state index in [0.717, 1.165) is 50.0 Å². The van der Waals surface area contributed by atoms with E-state index < -0.39 is 5.82 Å². The number of anilines is 2. The molecule has 7 heteroatoms. The molecule has 0 amide bonds. The van der Waals surface area contributed by atoms with Crippen LogP contribution in [0.25, 0.3) is 11.3 Å². The number of nitrogens with zero attached hydrogens (tertiary/aromatic N) is 4. The Morgan fingerprint density at radius 2 is 1.85 bits per heavy atom. The van der Waals surface area contributed by atoms with Gasteiger partial charge in [-0.2, -0.15) is 0 Å². The fourth-order valence-corrected chi connectivity index (χ4v) is 5.88. The molecule has 1 aliphatic carbocycles. The number of aliphatic imine (C=N–C) groups is 1. The summed E-state index contributed by atoms with van der Waals surface area (Å²) in [5.41, 5.74) is 5.72. The van der Waals surface area contributed by atoms with Crippen molar-refractivity contribution in [1.29, 1.82) is 0 Å². The van der Waals surface area contributed by atoms with Crippen molar-refractivity contribution in [2.45, 2.75) is 56.8 Å². The molecule has 2 fully saturated rings. The van der Waals surface area contributed by atoms with Gasteiger partial charge in [0, 0.05) is 22.9 Å². The monoisotopic (exact) mass is 456 g/mol. The number of rotatable bonds is 4. The number of benzene rings is 1. The molecule has 0 bridgehead atoms. The molecule has 1 saturated carbocycles. The molecule has 2 aromatic heterocycles. The fraction of sp³-hybridized carbons (Fsp3) is 0.407. The molecule has 3 aromatic rings. The van der Waals surface area contributed by atoms with Crippen molar-refractivity contribution < 1.29 is 4.39 Å². The Bertz CT molecular complexity index is 1240. The van der Waals surface area contributed by atoms with E-state index in [1.165, 1.54) is 35.9 Å². The van der Waals surface area contributed by atoms with Gasteiger partial charge in [-0.25, -0.2) is 19.3 Å². The molecular weight excluding hydrogens is 427 g/mol. The lowest BCUT2D eigenvalue weighted by molar-refractivity contribution is 0.459. The van der Waals surface area contributed by atoms with Gasteiger partial charge in [0.25, 0.3) is 0 Å². The number of hydrogen-bond donors (Lipinski definition) is 2. The maximum absolute atomic E-state index is 14.8. The van der Waals surface area contributed by atoms with Crippen LogP contribution in [-0.2, 0) is 5.41 Å². The third-order valence-corrected chi connectivity index (χ3v) is 7.80. The van der Waals surface area contributed by atoms with Crippen LogP contribution in [0.15, 0.2) is 47.7 Å². The molecule has 0 unspecified atom stereocenters. The van der Waals surface area contributed by atoms with E-state index in [2.05, 4.69) is 44.6 Å². The van der Waals surface area contributed by atoms with Gasteiger partial charge >= 0.3 is 0 Å². The van der Waals surface area contributed by atoms with E-state index in [0.29, 0.717) is 23.4 Å². The smallest absolute Gasteiger partial charge is 0.229 e. The Labute approximate surface area is 199 Å². The SMILES string of the molecule is CC1=Nc2ccc(-c3nc(Nc4ccc(C5CCNCC5)cn4)ncc3F)cc2C12CCCC2. The topological polar surface area (TPSA) is 75.1 Å². The van der Waals surface area contributed by atoms with Crippen LogP contribution in [0, 0.1) is 5.82 Å². The minimum Gasteiger partial charge on any atom is -0.317 e. The summed E-state index contributed by atoms with van der Waals surface area (Å²) in [5, 5.41) is 6.54. The quantitative estimate of drug-likeness (QED) is 0.518. The van der Waals surface area contributed by atoms with E-state index >= 15 is 0 Å². The first kappa shape index (κ1) is 21.4. The van der Waals surface area contributed by atoms with Gasteiger partial charge in [0.2, 0.25) is 5.95 Å². The van der Waals surface area contributed by atoms with Crippen molar-refractivity contribution in [2.24, 2.45) is 4.99 Å². The van der Waals surface area contributed by atoms with Gasteiger partial charge in [0.15, 0.2) is 5.82 Å². The van der Waals surface area contributed by atoms with Gasteiger partial charge in [-0.3, -0.25) is 4.99 Å². The van der Waals surface area contributed by atoms with Crippen molar-refractivity contribution >= 4 is 23.2 Å². The van der Waals surface area contributed by atoms with E-state index in [9.17, 15) is 4.39 Å². The summed E-state index contributed by atoms with van der Waals surface area (Å²) in [6, 6.07) is 10.0. The number of nitrogens with one attached hydrogen (secondary N) is 2. The second-order valence-electron chi connectivity index (χ2n) is 9.73. The highest BCUT2D eigenvalue weighted by Crippen LogP contribution is 2.51. The van der Waals surface area contributed by atoms with Gasteiger partial charge < -0.3 is 10.6 Å². The summed E-state index contributed by atoms with van der Waals surface area (Å²) in [6.07, 6.45) is 10.0. The molecule has 6 nitrogen and oxygen atoms in total. The molecule has 4 heterocycles. The fourth-order valence-electron chi connectivity index (χ4n) is 5.88. The highest BCUT2D eigenvalue weighted by molar-refractivity contribution is 6.01. The van der Waals surface area contributed by atoms with Crippen molar-refractivity contribution in [3.63, 3.8) is 0 Å². The zero-order valence-corrected chi connectivity index (χ0v) is 19.4. The van der Waals surface area contributed by atoms with Crippen LogP contribution in [0.3, 0.4) is 0 Å². The standard InChI is InChI=1S/C27H29FN6/c1-17-27(10-2-3-11-27)21-14-19(4-6-23(21)32-17)25-22(28)16-31-26(34-25)33-24-7-5-20(15-30-24)18-8-12-29-13-9-18/h4-7,14-16,18,29H,2-3,8-13H2,1H3,(H,30,31,33,34). The molecule has 2 aliphatic heterocycles. The minimum atomic E-state index is -0.434. The molecule has 1 spiro atoms. The molecule has 1 aromatic carbocycles. The summed E-state index contributed by atoms with van der Waals surface area (Å²) in [5.74, 6) is 1.10. The Morgan fingerprint density at radius 1 is 1.03 bits per heavy atom. The molecule has 174 valence electrons. The molecule has 0 radical (unpaired) electrons. The van der Waals surface area contributed by atoms with Crippen LogP contribution in [0.2, 0.25) is 0 Å². The summed E-state index contributed by atoms with van der Waals surface area (Å²) in [6.45, 7) is 4.22. The van der Waals surface area contributed by atoms with E-state index in [-0.39, 0.29) is 5.41 Å². The Kier molecular flexibility index (Phi) is 5.37. The lowest BCUT2D eigenvalue weighted by atomic mass is 9.76. The van der Waals surface area contributed by atoms with Crippen LogP contribution >= 0.6 is 0 Å². The summed E-state index contributed by atoms with van der Waals surface area (Å²) >= 11 is 0. The average Bonchev–Trinajstić information content (AvgIpc) is 3.47. The van der Waals surface area contributed by atoms with Gasteiger partial charge in [-0.1, -0.05) is 25.0 Å². The third kappa shape index (κ3) is 3.68. The van der Waals surface area contributed by atoms with Gasteiger partial charge in [-0.15, -0.1) is 0 Å². The molecule has 1 saturated heterocycles. The predicted molar refractivity (Wildman–Crippen MR) is 133 cm³/mol. The maximum Gasteiger partial charge on any atom is 0.229 e. The minimum absolute atomic E-state index is 0.00991. The number of hydrogen-bond acceptors (Lipinski definition) is 6. The van der Waals surface area contributed by atoms with Crippen molar-refractivity contribution in [1.82, 2.24) is 20.3 Å². The predicted octanol–water partition coefficient (Wildman–Crippen LogP) is 5.81. The molecule has 34 heavy (non-hydrogen) atoms. The summed E-state index contributed by atoms with van der Waals surface area (Å²) in [7, 11) is 0. The third-order valence-electron chi connectivity index (χ3n) is 7.80. The van der Waals surface area contributed by atoms with Gasteiger partial charge in [-0.05, 0) is 80.9 Å². The number of halogens is 1. The largest absolute Gasteiger partial charge is 0.317 e. The first-order chi connectivity index (χ1) is 16.6. The highest BCUT2D eigenvalue weighted by Gasteiger charge is 2.43. The lowest BCUT2D eigenvalue weighted by Gasteiger charge is -2.25. The van der Waals surface area contributed by atoms with Crippen LogP contribution in [0.4, 0.5) is 21.8 Å². The average molecular weight is 457 g/mol. The molecule has 6 rings (SSSR count). The summed E-state index contributed by atoms with van der Waals surface area (Å²) < 4.78 is 14.8. The second kappa shape index (κ2) is 8.55. The van der Waals surface area contributed by atoms with Crippen molar-refractivity contribution in [3.8, 4) is 11.3 Å². The molecule has 3 aliphatic rings. The number of aromatic nitrogens is 3. The van der Waals surface area contributed by atoms with E-state index in [1.54, 1.807) is 0 Å².